The first kappa shape index (κ1) is 10.6. The van der Waals surface area contributed by atoms with E-state index in [1.54, 1.807) is 0 Å². The van der Waals surface area contributed by atoms with Crippen molar-refractivity contribution in [2.75, 3.05) is 0 Å². The van der Waals surface area contributed by atoms with E-state index >= 15 is 0 Å². The van der Waals surface area contributed by atoms with Crippen LogP contribution >= 0.6 is 0 Å². The Balaban J connectivity index is 2.29. The highest BCUT2D eigenvalue weighted by Crippen LogP contribution is 2.37. The Morgan fingerprint density at radius 3 is 2.38 bits per heavy atom. The van der Waals surface area contributed by atoms with Crippen molar-refractivity contribution in [3.8, 4) is 0 Å². The van der Waals surface area contributed by atoms with Gasteiger partial charge in [0.25, 0.3) is 0 Å². The lowest BCUT2D eigenvalue weighted by Crippen LogP contribution is -2.25. The van der Waals surface area contributed by atoms with E-state index in [1.165, 1.54) is 0 Å². The number of alkyl halides is 2. The van der Waals surface area contributed by atoms with Crippen LogP contribution in [0.25, 0.3) is 0 Å². The number of carbonyl (C=O) groups is 1. The van der Waals surface area contributed by atoms with Crippen molar-refractivity contribution < 1.29 is 13.6 Å². The molecule has 0 atom stereocenters. The number of Topliss-reactive ketones (excluding diaryl/α,β-unsaturated/α-hetero) is 1. The highest BCUT2D eigenvalue weighted by atomic mass is 19.3. The molecule has 0 bridgehead atoms. The van der Waals surface area contributed by atoms with Crippen molar-refractivity contribution in [2.24, 2.45) is 5.92 Å². The minimum atomic E-state index is -2.47. The monoisotopic (exact) mass is 190 g/mol. The maximum absolute atomic E-state index is 12.7. The van der Waals surface area contributed by atoms with Gasteiger partial charge in [0.1, 0.15) is 5.78 Å². The van der Waals surface area contributed by atoms with E-state index in [1.807, 2.05) is 6.92 Å². The molecule has 76 valence electrons. The average molecular weight is 190 g/mol. The molecule has 0 amide bonds. The molecule has 0 spiro atoms. The predicted molar refractivity (Wildman–Crippen MR) is 46.8 cm³/mol. The molecule has 0 saturated heterocycles. The van der Waals surface area contributed by atoms with Gasteiger partial charge in [0.15, 0.2) is 0 Å². The number of ketones is 1. The topological polar surface area (TPSA) is 17.1 Å². The Kier molecular flexibility index (Phi) is 3.40. The molecule has 1 nitrogen and oxygen atoms in total. The first-order valence-corrected chi connectivity index (χ1v) is 4.93. The molecule has 1 fully saturated rings. The van der Waals surface area contributed by atoms with Crippen molar-refractivity contribution in [2.45, 2.75) is 51.4 Å². The van der Waals surface area contributed by atoms with Crippen LogP contribution in [0.1, 0.15) is 45.4 Å². The van der Waals surface area contributed by atoms with Crippen LogP contribution in [0.3, 0.4) is 0 Å². The van der Waals surface area contributed by atoms with Crippen molar-refractivity contribution in [1.82, 2.24) is 0 Å². The van der Waals surface area contributed by atoms with E-state index in [9.17, 15) is 13.6 Å². The number of hydrogen-bond donors (Lipinski definition) is 0. The molecule has 1 aliphatic carbocycles. The van der Waals surface area contributed by atoms with Crippen LogP contribution in [-0.2, 0) is 4.79 Å². The van der Waals surface area contributed by atoms with E-state index < -0.39 is 5.92 Å². The van der Waals surface area contributed by atoms with E-state index in [0.29, 0.717) is 25.7 Å². The molecular formula is C10H16F2O. The first-order chi connectivity index (χ1) is 6.03. The zero-order chi connectivity index (χ0) is 9.90. The Labute approximate surface area is 77.5 Å². The van der Waals surface area contributed by atoms with Crippen LogP contribution in [0.15, 0.2) is 0 Å². The molecule has 1 rings (SSSR count). The van der Waals surface area contributed by atoms with Gasteiger partial charge in [-0.2, -0.15) is 0 Å². The summed E-state index contributed by atoms with van der Waals surface area (Å²) in [6.07, 6.45) is 2.00. The van der Waals surface area contributed by atoms with E-state index in [4.69, 9.17) is 0 Å². The predicted octanol–water partition coefficient (Wildman–Crippen LogP) is 3.18. The Morgan fingerprint density at radius 1 is 1.38 bits per heavy atom. The third-order valence-corrected chi connectivity index (χ3v) is 2.75. The number of carbonyl (C=O) groups excluding carboxylic acids is 1. The lowest BCUT2D eigenvalue weighted by Gasteiger charge is -2.27. The Bertz CT molecular complexity index is 179. The van der Waals surface area contributed by atoms with E-state index in [2.05, 4.69) is 0 Å². The lowest BCUT2D eigenvalue weighted by atomic mass is 9.83. The molecular weight excluding hydrogens is 174 g/mol. The quantitative estimate of drug-likeness (QED) is 0.668. The summed E-state index contributed by atoms with van der Waals surface area (Å²) in [4.78, 5) is 11.1. The van der Waals surface area contributed by atoms with E-state index in [0.717, 1.165) is 0 Å². The summed E-state index contributed by atoms with van der Waals surface area (Å²) in [5.41, 5.74) is 0. The van der Waals surface area contributed by atoms with E-state index in [-0.39, 0.29) is 24.5 Å². The van der Waals surface area contributed by atoms with Crippen LogP contribution in [-0.4, -0.2) is 11.7 Å². The molecule has 1 aliphatic rings. The molecule has 13 heavy (non-hydrogen) atoms. The third-order valence-electron chi connectivity index (χ3n) is 2.75. The summed E-state index contributed by atoms with van der Waals surface area (Å²) in [6.45, 7) is 1.82. The molecule has 0 aromatic heterocycles. The van der Waals surface area contributed by atoms with Crippen molar-refractivity contribution in [3.63, 3.8) is 0 Å². The van der Waals surface area contributed by atoms with Crippen LogP contribution in [0, 0.1) is 5.92 Å². The zero-order valence-electron chi connectivity index (χ0n) is 7.98. The first-order valence-electron chi connectivity index (χ1n) is 4.93. The number of rotatable bonds is 3. The van der Waals surface area contributed by atoms with Crippen LogP contribution in [0.2, 0.25) is 0 Å². The summed E-state index contributed by atoms with van der Waals surface area (Å²) in [5.74, 6) is -2.05. The van der Waals surface area contributed by atoms with Gasteiger partial charge in [-0.3, -0.25) is 4.79 Å². The molecule has 0 aromatic carbocycles. The summed E-state index contributed by atoms with van der Waals surface area (Å²) in [7, 11) is 0. The second-order valence-electron chi connectivity index (χ2n) is 3.90. The molecule has 0 aromatic rings. The highest BCUT2D eigenvalue weighted by molar-refractivity contribution is 5.78. The van der Waals surface area contributed by atoms with Crippen molar-refractivity contribution in [3.05, 3.63) is 0 Å². The summed E-state index contributed by atoms with van der Waals surface area (Å²) in [6, 6.07) is 0. The second kappa shape index (κ2) is 4.16. The van der Waals surface area contributed by atoms with Gasteiger partial charge in [-0.05, 0) is 18.8 Å². The Morgan fingerprint density at radius 2 is 1.92 bits per heavy atom. The van der Waals surface area contributed by atoms with Gasteiger partial charge in [0.05, 0.1) is 0 Å². The minimum Gasteiger partial charge on any atom is -0.300 e. The average Bonchev–Trinajstić information content (AvgIpc) is 2.08. The summed E-state index contributed by atoms with van der Waals surface area (Å²) < 4.78 is 25.4. The van der Waals surface area contributed by atoms with Gasteiger partial charge in [-0.15, -0.1) is 0 Å². The van der Waals surface area contributed by atoms with Gasteiger partial charge >= 0.3 is 0 Å². The smallest absolute Gasteiger partial charge is 0.248 e. The fraction of sp³-hybridized carbons (Fsp3) is 0.900. The summed E-state index contributed by atoms with van der Waals surface area (Å²) >= 11 is 0. The molecule has 3 heteroatoms. The van der Waals surface area contributed by atoms with Gasteiger partial charge in [-0.25, -0.2) is 8.78 Å². The number of halogens is 2. The molecule has 0 heterocycles. The SMILES string of the molecule is CCC(=O)CC1CCC(F)(F)CC1. The van der Waals surface area contributed by atoms with Crippen molar-refractivity contribution >= 4 is 5.78 Å². The van der Waals surface area contributed by atoms with Crippen molar-refractivity contribution in [1.29, 1.82) is 0 Å². The molecule has 0 radical (unpaired) electrons. The third kappa shape index (κ3) is 3.41. The largest absolute Gasteiger partial charge is 0.300 e. The molecule has 1 saturated carbocycles. The summed E-state index contributed by atoms with van der Waals surface area (Å²) in [5, 5.41) is 0. The van der Waals surface area contributed by atoms with Crippen LogP contribution in [0.5, 0.6) is 0 Å². The Hall–Kier alpha value is -0.470. The normalized spacial score (nSPS) is 23.0. The van der Waals surface area contributed by atoms with Crippen LogP contribution < -0.4 is 0 Å². The molecule has 0 unspecified atom stereocenters. The minimum absolute atomic E-state index is 0.0331. The fourth-order valence-electron chi connectivity index (χ4n) is 1.77. The maximum atomic E-state index is 12.7. The fourth-order valence-corrected chi connectivity index (χ4v) is 1.77. The van der Waals surface area contributed by atoms with Gasteiger partial charge in [0, 0.05) is 25.7 Å². The second-order valence-corrected chi connectivity index (χ2v) is 3.90. The molecule has 0 aliphatic heterocycles. The molecule has 0 N–H and O–H groups in total. The maximum Gasteiger partial charge on any atom is 0.248 e. The van der Waals surface area contributed by atoms with Gasteiger partial charge < -0.3 is 0 Å². The standard InChI is InChI=1S/C10H16F2O/c1-2-9(13)7-8-3-5-10(11,12)6-4-8/h8H,2-7H2,1H3. The van der Waals surface area contributed by atoms with Crippen LogP contribution in [0.4, 0.5) is 8.78 Å². The van der Waals surface area contributed by atoms with Gasteiger partial charge in [-0.1, -0.05) is 6.92 Å². The number of hydrogen-bond acceptors (Lipinski definition) is 1. The van der Waals surface area contributed by atoms with Gasteiger partial charge in [0.2, 0.25) is 5.92 Å². The zero-order valence-corrected chi connectivity index (χ0v) is 7.98. The lowest BCUT2D eigenvalue weighted by molar-refractivity contribution is -0.121. The highest BCUT2D eigenvalue weighted by Gasteiger charge is 2.35.